The molecule has 0 unspecified atom stereocenters. The van der Waals surface area contributed by atoms with Crippen LogP contribution in [-0.2, 0) is 14.8 Å². The zero-order valence-corrected chi connectivity index (χ0v) is 21.7. The van der Waals surface area contributed by atoms with Crippen molar-refractivity contribution in [2.45, 2.75) is 11.8 Å². The van der Waals surface area contributed by atoms with Crippen LogP contribution in [0.3, 0.4) is 0 Å². The lowest BCUT2D eigenvalue weighted by molar-refractivity contribution is -0.133. The van der Waals surface area contributed by atoms with Crippen LogP contribution in [0.25, 0.3) is 0 Å². The van der Waals surface area contributed by atoms with Crippen molar-refractivity contribution in [3.05, 3.63) is 77.3 Å². The molecule has 0 spiro atoms. The summed E-state index contributed by atoms with van der Waals surface area (Å²) in [5.41, 5.74) is 2.56. The van der Waals surface area contributed by atoms with Crippen molar-refractivity contribution in [2.24, 2.45) is 0 Å². The lowest BCUT2D eigenvalue weighted by Gasteiger charge is -2.36. The molecule has 10 heteroatoms. The lowest BCUT2D eigenvalue weighted by atomic mass is 10.2. The predicted octanol–water partition coefficient (Wildman–Crippen LogP) is 4.19. The molecular formula is C26H28ClN3O5S. The van der Waals surface area contributed by atoms with Crippen molar-refractivity contribution in [1.29, 1.82) is 0 Å². The van der Waals surface area contributed by atoms with Crippen LogP contribution in [-0.4, -0.2) is 59.1 Å². The molecule has 190 valence electrons. The number of rotatable bonds is 8. The number of aryl methyl sites for hydroxylation is 1. The second-order valence-corrected chi connectivity index (χ2v) is 10.5. The van der Waals surface area contributed by atoms with E-state index >= 15 is 0 Å². The summed E-state index contributed by atoms with van der Waals surface area (Å²) in [6.07, 6.45) is 0. The van der Waals surface area contributed by atoms with Gasteiger partial charge in [-0.05, 0) is 61.5 Å². The van der Waals surface area contributed by atoms with Gasteiger partial charge >= 0.3 is 0 Å². The summed E-state index contributed by atoms with van der Waals surface area (Å²) in [6, 6.07) is 19.0. The van der Waals surface area contributed by atoms with E-state index in [1.165, 1.54) is 18.2 Å². The summed E-state index contributed by atoms with van der Waals surface area (Å²) in [6.45, 7) is 4.30. The Bertz CT molecular complexity index is 1310. The third kappa shape index (κ3) is 6.22. The van der Waals surface area contributed by atoms with Crippen molar-refractivity contribution >= 4 is 38.9 Å². The fraction of sp³-hybridized carbons (Fsp3) is 0.269. The number of piperazine rings is 1. The van der Waals surface area contributed by atoms with Crippen LogP contribution in [0.1, 0.15) is 5.56 Å². The van der Waals surface area contributed by atoms with Gasteiger partial charge in [-0.3, -0.25) is 9.52 Å². The number of methoxy groups -OCH3 is 1. The number of carbonyl (C=O) groups is 1. The molecule has 0 atom stereocenters. The summed E-state index contributed by atoms with van der Waals surface area (Å²) in [7, 11) is -2.19. The van der Waals surface area contributed by atoms with Crippen LogP contribution >= 0.6 is 11.6 Å². The monoisotopic (exact) mass is 529 g/mol. The Morgan fingerprint density at radius 2 is 1.64 bits per heavy atom. The number of halogens is 1. The van der Waals surface area contributed by atoms with Crippen molar-refractivity contribution in [1.82, 2.24) is 4.90 Å². The van der Waals surface area contributed by atoms with Gasteiger partial charge in [0, 0.05) is 37.6 Å². The van der Waals surface area contributed by atoms with E-state index in [1.54, 1.807) is 24.1 Å². The van der Waals surface area contributed by atoms with Gasteiger partial charge in [0.05, 0.1) is 17.0 Å². The van der Waals surface area contributed by atoms with Crippen molar-refractivity contribution in [2.75, 3.05) is 49.5 Å². The molecule has 0 bridgehead atoms. The van der Waals surface area contributed by atoms with E-state index in [9.17, 15) is 13.2 Å². The molecule has 0 aromatic heterocycles. The topological polar surface area (TPSA) is 88.2 Å². The Hall–Kier alpha value is -3.43. The number of nitrogens with one attached hydrogen (secondary N) is 1. The van der Waals surface area contributed by atoms with E-state index in [0.29, 0.717) is 31.9 Å². The molecule has 36 heavy (non-hydrogen) atoms. The van der Waals surface area contributed by atoms with Gasteiger partial charge in [-0.1, -0.05) is 29.3 Å². The minimum Gasteiger partial charge on any atom is -0.497 e. The fourth-order valence-electron chi connectivity index (χ4n) is 3.84. The molecule has 0 radical (unpaired) electrons. The highest BCUT2D eigenvalue weighted by molar-refractivity contribution is 7.92. The first-order chi connectivity index (χ1) is 17.2. The third-order valence-electron chi connectivity index (χ3n) is 5.94. The lowest BCUT2D eigenvalue weighted by Crippen LogP contribution is -2.50. The highest BCUT2D eigenvalue weighted by Crippen LogP contribution is 2.28. The number of nitrogens with zero attached hydrogens (tertiary/aromatic N) is 2. The third-order valence-corrected chi connectivity index (χ3v) is 7.61. The zero-order valence-electron chi connectivity index (χ0n) is 20.1. The molecule has 4 rings (SSSR count). The quantitative estimate of drug-likeness (QED) is 0.471. The summed E-state index contributed by atoms with van der Waals surface area (Å²) < 4.78 is 38.8. The number of anilines is 2. The number of hydrogen-bond acceptors (Lipinski definition) is 6. The highest BCUT2D eigenvalue weighted by atomic mass is 35.5. The van der Waals surface area contributed by atoms with Gasteiger partial charge in [-0.2, -0.15) is 0 Å². The predicted molar refractivity (Wildman–Crippen MR) is 141 cm³/mol. The second kappa shape index (κ2) is 11.1. The van der Waals surface area contributed by atoms with E-state index < -0.39 is 10.0 Å². The largest absolute Gasteiger partial charge is 0.497 e. The Balaban J connectivity index is 1.30. The Morgan fingerprint density at radius 1 is 0.972 bits per heavy atom. The molecule has 1 N–H and O–H groups in total. The minimum absolute atomic E-state index is 0.00130. The Labute approximate surface area is 216 Å². The molecular weight excluding hydrogens is 502 g/mol. The highest BCUT2D eigenvalue weighted by Gasteiger charge is 2.22. The van der Waals surface area contributed by atoms with Gasteiger partial charge < -0.3 is 19.3 Å². The van der Waals surface area contributed by atoms with Gasteiger partial charge in [-0.15, -0.1) is 0 Å². The van der Waals surface area contributed by atoms with E-state index in [-0.39, 0.29) is 28.2 Å². The molecule has 3 aromatic carbocycles. The smallest absolute Gasteiger partial charge is 0.261 e. The van der Waals surface area contributed by atoms with Gasteiger partial charge in [0.25, 0.3) is 15.9 Å². The van der Waals surface area contributed by atoms with E-state index in [0.717, 1.165) is 17.0 Å². The first-order valence-corrected chi connectivity index (χ1v) is 13.3. The van der Waals surface area contributed by atoms with Crippen molar-refractivity contribution < 1.29 is 22.7 Å². The number of ether oxygens (including phenoxy) is 2. The number of hydrogen-bond donors (Lipinski definition) is 1. The van der Waals surface area contributed by atoms with Crippen molar-refractivity contribution in [3.8, 4) is 11.5 Å². The van der Waals surface area contributed by atoms with Crippen LogP contribution in [0.2, 0.25) is 5.02 Å². The molecule has 1 fully saturated rings. The van der Waals surface area contributed by atoms with Gasteiger partial charge in [-0.25, -0.2) is 8.42 Å². The summed E-state index contributed by atoms with van der Waals surface area (Å²) in [4.78, 5) is 16.6. The summed E-state index contributed by atoms with van der Waals surface area (Å²) in [5, 5.41) is 0.110. The van der Waals surface area contributed by atoms with E-state index in [4.69, 9.17) is 21.1 Å². The van der Waals surface area contributed by atoms with Gasteiger partial charge in [0.2, 0.25) is 0 Å². The molecule has 3 aromatic rings. The van der Waals surface area contributed by atoms with Crippen LogP contribution in [0.4, 0.5) is 11.4 Å². The van der Waals surface area contributed by atoms with Gasteiger partial charge in [0.15, 0.2) is 6.61 Å². The maximum absolute atomic E-state index is 12.7. The molecule has 1 heterocycles. The molecule has 8 nitrogen and oxygen atoms in total. The van der Waals surface area contributed by atoms with Gasteiger partial charge in [0.1, 0.15) is 11.5 Å². The molecule has 1 aliphatic heterocycles. The first kappa shape index (κ1) is 25.7. The van der Waals surface area contributed by atoms with Crippen LogP contribution in [0, 0.1) is 6.92 Å². The number of carbonyl (C=O) groups excluding carboxylic acids is 1. The molecule has 0 aliphatic carbocycles. The molecule has 1 saturated heterocycles. The molecule has 0 saturated carbocycles. The number of benzene rings is 3. The minimum atomic E-state index is -3.82. The Kier molecular flexibility index (Phi) is 7.91. The normalized spacial score (nSPS) is 13.9. The number of amides is 1. The maximum Gasteiger partial charge on any atom is 0.261 e. The molecule has 1 amide bonds. The van der Waals surface area contributed by atoms with Crippen LogP contribution in [0.5, 0.6) is 11.5 Å². The van der Waals surface area contributed by atoms with Crippen LogP contribution < -0.4 is 19.1 Å². The standard InChI is InChI=1S/C26H28ClN3O5S/c1-19-3-5-20(6-4-19)28-36(32,33)23-11-12-25(24(27)17-23)35-18-26(31)30-15-13-29(14-16-30)21-7-9-22(34-2)10-8-21/h3-12,17,28H,13-16,18H2,1-2H3. The second-order valence-electron chi connectivity index (χ2n) is 8.42. The SMILES string of the molecule is COc1ccc(N2CCN(C(=O)COc3ccc(S(=O)(=O)Nc4ccc(C)cc4)cc3Cl)CC2)cc1. The average molecular weight is 530 g/mol. The molecule has 1 aliphatic rings. The zero-order chi connectivity index (χ0) is 25.7. The summed E-state index contributed by atoms with van der Waals surface area (Å²) in [5.74, 6) is 0.894. The fourth-order valence-corrected chi connectivity index (χ4v) is 5.22. The summed E-state index contributed by atoms with van der Waals surface area (Å²) >= 11 is 6.28. The first-order valence-electron chi connectivity index (χ1n) is 11.4. The average Bonchev–Trinajstić information content (AvgIpc) is 2.89. The maximum atomic E-state index is 12.7. The van der Waals surface area contributed by atoms with E-state index in [1.807, 2.05) is 43.3 Å². The Morgan fingerprint density at radius 3 is 2.25 bits per heavy atom. The van der Waals surface area contributed by atoms with Crippen molar-refractivity contribution in [3.63, 3.8) is 0 Å². The van der Waals surface area contributed by atoms with E-state index in [2.05, 4.69) is 9.62 Å². The number of sulfonamides is 1. The van der Waals surface area contributed by atoms with Crippen LogP contribution in [0.15, 0.2) is 71.6 Å².